The fraction of sp³-hybridized carbons (Fsp3) is 0.429. The molecule has 116 valence electrons. The third kappa shape index (κ3) is 5.24. The SMILES string of the molecule is Cl.Nc1cccc(C(=O)NCCC(=O)N2CCOCC2)c1. The molecule has 1 heterocycles. The normalized spacial score (nSPS) is 14.2. The standard InChI is InChI=1S/C14H19N3O3.ClH/c15-12-3-1-2-11(10-12)14(19)16-5-4-13(18)17-6-8-20-9-7-17;/h1-3,10H,4-9,15H2,(H,16,19);1H. The summed E-state index contributed by atoms with van der Waals surface area (Å²) in [5.74, 6) is -0.173. The van der Waals surface area contributed by atoms with E-state index >= 15 is 0 Å². The number of ether oxygens (including phenoxy) is 1. The first-order valence-electron chi connectivity index (χ1n) is 6.66. The summed E-state index contributed by atoms with van der Waals surface area (Å²) in [6.07, 6.45) is 0.300. The van der Waals surface area contributed by atoms with Crippen LogP contribution in [0.4, 0.5) is 5.69 Å². The second-order valence-corrected chi connectivity index (χ2v) is 4.62. The Balaban J connectivity index is 0.00000220. The maximum absolute atomic E-state index is 11.9. The fourth-order valence-corrected chi connectivity index (χ4v) is 2.04. The van der Waals surface area contributed by atoms with Crippen molar-refractivity contribution in [3.63, 3.8) is 0 Å². The van der Waals surface area contributed by atoms with Gasteiger partial charge in [-0.2, -0.15) is 0 Å². The van der Waals surface area contributed by atoms with Gasteiger partial charge in [0.15, 0.2) is 0 Å². The molecule has 1 saturated heterocycles. The first-order chi connectivity index (χ1) is 9.66. The third-order valence-corrected chi connectivity index (χ3v) is 3.14. The molecule has 3 N–H and O–H groups in total. The van der Waals surface area contributed by atoms with Gasteiger partial charge < -0.3 is 20.7 Å². The zero-order valence-electron chi connectivity index (χ0n) is 11.7. The molecule has 21 heavy (non-hydrogen) atoms. The predicted octanol–water partition coefficient (Wildman–Crippen LogP) is 0.669. The van der Waals surface area contributed by atoms with Crippen molar-refractivity contribution in [3.8, 4) is 0 Å². The van der Waals surface area contributed by atoms with Gasteiger partial charge in [0.2, 0.25) is 5.91 Å². The summed E-state index contributed by atoms with van der Waals surface area (Å²) in [7, 11) is 0. The van der Waals surface area contributed by atoms with Crippen LogP contribution in [-0.4, -0.2) is 49.6 Å². The van der Waals surface area contributed by atoms with Gasteiger partial charge in [-0.3, -0.25) is 9.59 Å². The minimum Gasteiger partial charge on any atom is -0.399 e. The summed E-state index contributed by atoms with van der Waals surface area (Å²) in [4.78, 5) is 25.5. The van der Waals surface area contributed by atoms with E-state index in [9.17, 15) is 9.59 Å². The molecular weight excluding hydrogens is 294 g/mol. The lowest BCUT2D eigenvalue weighted by atomic mass is 10.2. The molecule has 2 amide bonds. The summed E-state index contributed by atoms with van der Waals surface area (Å²) < 4.78 is 5.19. The summed E-state index contributed by atoms with van der Waals surface area (Å²) in [6.45, 7) is 2.75. The molecular formula is C14H20ClN3O3. The van der Waals surface area contributed by atoms with E-state index in [1.54, 1.807) is 29.2 Å². The number of halogens is 1. The van der Waals surface area contributed by atoms with Crippen LogP contribution in [0, 0.1) is 0 Å². The molecule has 0 aromatic heterocycles. The minimum absolute atomic E-state index is 0. The smallest absolute Gasteiger partial charge is 0.251 e. The van der Waals surface area contributed by atoms with Crippen LogP contribution in [0.3, 0.4) is 0 Å². The number of carbonyl (C=O) groups is 2. The Morgan fingerprint density at radius 1 is 1.29 bits per heavy atom. The molecule has 0 unspecified atom stereocenters. The molecule has 1 aliphatic rings. The Kier molecular flexibility index (Phi) is 6.98. The molecule has 0 saturated carbocycles. The van der Waals surface area contributed by atoms with Crippen molar-refractivity contribution in [1.82, 2.24) is 10.2 Å². The zero-order valence-corrected chi connectivity index (χ0v) is 12.5. The minimum atomic E-state index is -0.216. The van der Waals surface area contributed by atoms with E-state index in [1.165, 1.54) is 0 Å². The third-order valence-electron chi connectivity index (χ3n) is 3.14. The van der Waals surface area contributed by atoms with Crippen molar-refractivity contribution < 1.29 is 14.3 Å². The van der Waals surface area contributed by atoms with Crippen LogP contribution in [0.15, 0.2) is 24.3 Å². The highest BCUT2D eigenvalue weighted by Gasteiger charge is 2.16. The number of rotatable bonds is 4. The van der Waals surface area contributed by atoms with E-state index in [-0.39, 0.29) is 24.2 Å². The van der Waals surface area contributed by atoms with Crippen molar-refractivity contribution >= 4 is 29.9 Å². The number of hydrogen-bond acceptors (Lipinski definition) is 4. The summed E-state index contributed by atoms with van der Waals surface area (Å²) in [5, 5.41) is 2.72. The van der Waals surface area contributed by atoms with E-state index < -0.39 is 0 Å². The van der Waals surface area contributed by atoms with Gasteiger partial charge in [0, 0.05) is 37.3 Å². The van der Waals surface area contributed by atoms with E-state index in [2.05, 4.69) is 5.32 Å². The summed E-state index contributed by atoms with van der Waals surface area (Å²) in [6, 6.07) is 6.75. The second kappa shape index (κ2) is 8.49. The maximum Gasteiger partial charge on any atom is 0.251 e. The highest BCUT2D eigenvalue weighted by atomic mass is 35.5. The van der Waals surface area contributed by atoms with Gasteiger partial charge >= 0.3 is 0 Å². The van der Waals surface area contributed by atoms with Gasteiger partial charge in [0.1, 0.15) is 0 Å². The quantitative estimate of drug-likeness (QED) is 0.800. The van der Waals surface area contributed by atoms with E-state index in [0.717, 1.165) is 0 Å². The number of anilines is 1. The van der Waals surface area contributed by atoms with Crippen molar-refractivity contribution in [2.45, 2.75) is 6.42 Å². The molecule has 1 aromatic carbocycles. The van der Waals surface area contributed by atoms with Crippen LogP contribution in [0.25, 0.3) is 0 Å². The number of carbonyl (C=O) groups excluding carboxylic acids is 2. The largest absolute Gasteiger partial charge is 0.399 e. The number of benzene rings is 1. The van der Waals surface area contributed by atoms with Gasteiger partial charge in [-0.1, -0.05) is 6.07 Å². The monoisotopic (exact) mass is 313 g/mol. The lowest BCUT2D eigenvalue weighted by Gasteiger charge is -2.26. The highest BCUT2D eigenvalue weighted by molar-refractivity contribution is 5.95. The molecule has 0 atom stereocenters. The molecule has 7 heteroatoms. The Morgan fingerprint density at radius 2 is 2.00 bits per heavy atom. The topological polar surface area (TPSA) is 84.7 Å². The highest BCUT2D eigenvalue weighted by Crippen LogP contribution is 2.06. The molecule has 1 fully saturated rings. The van der Waals surface area contributed by atoms with Gasteiger partial charge in [-0.15, -0.1) is 12.4 Å². The Bertz CT molecular complexity index is 490. The van der Waals surface area contributed by atoms with Gasteiger partial charge in [-0.05, 0) is 18.2 Å². The lowest BCUT2D eigenvalue weighted by Crippen LogP contribution is -2.42. The Hall–Kier alpha value is -1.79. The number of hydrogen-bond donors (Lipinski definition) is 2. The van der Waals surface area contributed by atoms with Crippen LogP contribution >= 0.6 is 12.4 Å². The van der Waals surface area contributed by atoms with Gasteiger partial charge in [0.05, 0.1) is 13.2 Å². The average Bonchev–Trinajstić information content (AvgIpc) is 2.48. The maximum atomic E-state index is 11.9. The molecule has 0 aliphatic carbocycles. The van der Waals surface area contributed by atoms with E-state index in [0.29, 0.717) is 50.5 Å². The molecule has 1 aliphatic heterocycles. The van der Waals surface area contributed by atoms with Crippen LogP contribution in [0.5, 0.6) is 0 Å². The van der Waals surface area contributed by atoms with Gasteiger partial charge in [0.25, 0.3) is 5.91 Å². The van der Waals surface area contributed by atoms with E-state index in [1.807, 2.05) is 0 Å². The van der Waals surface area contributed by atoms with Crippen molar-refractivity contribution in [2.24, 2.45) is 0 Å². The number of nitrogens with zero attached hydrogens (tertiary/aromatic N) is 1. The first-order valence-corrected chi connectivity index (χ1v) is 6.66. The molecule has 6 nitrogen and oxygen atoms in total. The molecule has 0 spiro atoms. The van der Waals surface area contributed by atoms with Crippen molar-refractivity contribution in [3.05, 3.63) is 29.8 Å². The number of amides is 2. The Labute approximate surface area is 130 Å². The fourth-order valence-electron chi connectivity index (χ4n) is 2.04. The number of morpholine rings is 1. The average molecular weight is 314 g/mol. The molecule has 0 radical (unpaired) electrons. The van der Waals surface area contributed by atoms with E-state index in [4.69, 9.17) is 10.5 Å². The lowest BCUT2D eigenvalue weighted by molar-refractivity contribution is -0.135. The predicted molar refractivity (Wildman–Crippen MR) is 82.5 cm³/mol. The summed E-state index contributed by atoms with van der Waals surface area (Å²) >= 11 is 0. The first kappa shape index (κ1) is 17.3. The summed E-state index contributed by atoms with van der Waals surface area (Å²) in [5.41, 5.74) is 6.67. The van der Waals surface area contributed by atoms with Gasteiger partial charge in [-0.25, -0.2) is 0 Å². The number of nitrogen functional groups attached to an aromatic ring is 1. The van der Waals surface area contributed by atoms with Crippen LogP contribution in [0.1, 0.15) is 16.8 Å². The number of nitrogens with two attached hydrogens (primary N) is 1. The molecule has 2 rings (SSSR count). The van der Waals surface area contributed by atoms with Crippen molar-refractivity contribution in [1.29, 1.82) is 0 Å². The van der Waals surface area contributed by atoms with Crippen LogP contribution in [0.2, 0.25) is 0 Å². The van der Waals surface area contributed by atoms with Crippen molar-refractivity contribution in [2.75, 3.05) is 38.6 Å². The zero-order chi connectivity index (χ0) is 14.4. The van der Waals surface area contributed by atoms with Crippen LogP contribution in [-0.2, 0) is 9.53 Å². The van der Waals surface area contributed by atoms with Crippen LogP contribution < -0.4 is 11.1 Å². The molecule has 1 aromatic rings. The Morgan fingerprint density at radius 3 is 2.67 bits per heavy atom. The second-order valence-electron chi connectivity index (χ2n) is 4.62. The molecule has 0 bridgehead atoms. The number of nitrogens with one attached hydrogen (secondary N) is 1.